The Hall–Kier alpha value is -1.56. The lowest BCUT2D eigenvalue weighted by atomic mass is 10.2. The number of thioether (sulfide) groups is 1. The Morgan fingerprint density at radius 2 is 1.62 bits per heavy atom. The largest absolute Gasteiger partial charge is 0.487 e. The summed E-state index contributed by atoms with van der Waals surface area (Å²) in [4.78, 5) is 27.0. The number of nitrogens with zero attached hydrogens (tertiary/aromatic N) is 1. The minimum absolute atomic E-state index is 0.156. The first kappa shape index (κ1) is 23.6. The van der Waals surface area contributed by atoms with Crippen molar-refractivity contribution in [2.45, 2.75) is 13.2 Å². The van der Waals surface area contributed by atoms with Crippen LogP contribution < -0.4 is 4.74 Å². The summed E-state index contributed by atoms with van der Waals surface area (Å²) in [5.74, 6) is 0.494. The minimum Gasteiger partial charge on any atom is -0.487 e. The van der Waals surface area contributed by atoms with Crippen molar-refractivity contribution in [2.24, 2.45) is 0 Å². The Kier molecular flexibility index (Phi) is 7.80. The van der Waals surface area contributed by atoms with Crippen LogP contribution in [-0.4, -0.2) is 16.0 Å². The van der Waals surface area contributed by atoms with Gasteiger partial charge in [-0.1, -0.05) is 60.1 Å². The van der Waals surface area contributed by atoms with Crippen molar-refractivity contribution in [3.05, 3.63) is 100 Å². The maximum absolute atomic E-state index is 12.9. The Balaban J connectivity index is 1.51. The molecule has 0 N–H and O–H groups in total. The van der Waals surface area contributed by atoms with Crippen molar-refractivity contribution in [1.29, 1.82) is 0 Å². The number of hydrogen-bond acceptors (Lipinski definition) is 4. The third-order valence-corrected chi connectivity index (χ3v) is 7.58. The van der Waals surface area contributed by atoms with E-state index in [1.54, 1.807) is 12.1 Å². The van der Waals surface area contributed by atoms with Crippen molar-refractivity contribution in [3.63, 3.8) is 0 Å². The number of carbonyl (C=O) groups excluding carboxylic acids is 2. The quantitative estimate of drug-likeness (QED) is 0.201. The molecule has 0 aliphatic carbocycles. The van der Waals surface area contributed by atoms with Gasteiger partial charge in [-0.25, -0.2) is 0 Å². The van der Waals surface area contributed by atoms with Gasteiger partial charge in [0.05, 0.1) is 18.6 Å². The van der Waals surface area contributed by atoms with E-state index in [1.807, 2.05) is 60.7 Å². The summed E-state index contributed by atoms with van der Waals surface area (Å²) in [6, 6.07) is 21.1. The second kappa shape index (κ2) is 10.6. The van der Waals surface area contributed by atoms with E-state index in [1.165, 1.54) is 4.90 Å². The molecule has 1 aliphatic rings. The molecule has 1 saturated heterocycles. The zero-order valence-electron chi connectivity index (χ0n) is 16.6. The number of amides is 2. The summed E-state index contributed by atoms with van der Waals surface area (Å²) in [6.45, 7) is 0.635. The fourth-order valence-corrected chi connectivity index (χ4v) is 6.28. The number of hydrogen-bond donors (Lipinski definition) is 0. The maximum Gasteiger partial charge on any atom is 0.293 e. The van der Waals surface area contributed by atoms with Gasteiger partial charge in [0.15, 0.2) is 0 Å². The van der Waals surface area contributed by atoms with E-state index >= 15 is 0 Å². The van der Waals surface area contributed by atoms with Crippen LogP contribution in [0.1, 0.15) is 16.7 Å². The normalized spacial score (nSPS) is 15.0. The molecule has 1 aliphatic heterocycles. The lowest BCUT2D eigenvalue weighted by molar-refractivity contribution is -0.123. The highest BCUT2D eigenvalue weighted by molar-refractivity contribution is 14.1. The van der Waals surface area contributed by atoms with Crippen LogP contribution in [0.15, 0.2) is 71.6 Å². The predicted octanol–water partition coefficient (Wildman–Crippen LogP) is 7.36. The van der Waals surface area contributed by atoms with Crippen LogP contribution in [0.2, 0.25) is 5.02 Å². The molecule has 0 bridgehead atoms. The highest BCUT2D eigenvalue weighted by atomic mass is 127. The van der Waals surface area contributed by atoms with Gasteiger partial charge in [-0.15, -0.1) is 0 Å². The lowest BCUT2D eigenvalue weighted by Crippen LogP contribution is -2.27. The van der Waals surface area contributed by atoms with Gasteiger partial charge in [0.25, 0.3) is 11.1 Å². The van der Waals surface area contributed by atoms with Crippen LogP contribution in [0.3, 0.4) is 0 Å². The fourth-order valence-electron chi connectivity index (χ4n) is 3.12. The first-order chi connectivity index (χ1) is 15.4. The van der Waals surface area contributed by atoms with Crippen molar-refractivity contribution in [1.82, 2.24) is 4.90 Å². The molecule has 4 nitrogen and oxygen atoms in total. The average molecular weight is 688 g/mol. The average Bonchev–Trinajstić information content (AvgIpc) is 3.02. The molecule has 32 heavy (non-hydrogen) atoms. The smallest absolute Gasteiger partial charge is 0.293 e. The van der Waals surface area contributed by atoms with E-state index in [0.29, 0.717) is 16.5 Å². The molecule has 1 heterocycles. The van der Waals surface area contributed by atoms with E-state index in [-0.39, 0.29) is 17.7 Å². The van der Waals surface area contributed by atoms with Crippen LogP contribution in [0.4, 0.5) is 4.79 Å². The second-order valence-electron chi connectivity index (χ2n) is 6.95. The molecule has 0 spiro atoms. The van der Waals surface area contributed by atoms with Crippen molar-refractivity contribution in [3.8, 4) is 5.75 Å². The van der Waals surface area contributed by atoms with E-state index in [9.17, 15) is 9.59 Å². The first-order valence-corrected chi connectivity index (χ1v) is 12.9. The van der Waals surface area contributed by atoms with Crippen LogP contribution in [0.5, 0.6) is 5.75 Å². The SMILES string of the molecule is O=C1S/C(=C/c2cc(I)c(OCc3ccccc3)c(I)c2)C(=O)N1Cc1ccccc1Cl. The van der Waals surface area contributed by atoms with Crippen molar-refractivity contribution >= 4 is 85.8 Å². The minimum atomic E-state index is -0.311. The van der Waals surface area contributed by atoms with E-state index < -0.39 is 0 Å². The molecule has 162 valence electrons. The number of carbonyl (C=O) groups is 2. The Morgan fingerprint density at radius 1 is 0.969 bits per heavy atom. The van der Waals surface area contributed by atoms with Gasteiger partial charge < -0.3 is 4.74 Å². The van der Waals surface area contributed by atoms with E-state index in [2.05, 4.69) is 45.2 Å². The molecular formula is C24H16ClI2NO3S. The molecule has 3 aromatic rings. The van der Waals surface area contributed by atoms with Crippen LogP contribution in [-0.2, 0) is 17.9 Å². The molecule has 0 radical (unpaired) electrons. The molecule has 0 saturated carbocycles. The number of imide groups is 1. The van der Waals surface area contributed by atoms with E-state index in [4.69, 9.17) is 16.3 Å². The third kappa shape index (κ3) is 5.49. The van der Waals surface area contributed by atoms with Gasteiger partial charge in [0.2, 0.25) is 0 Å². The fraction of sp³-hybridized carbons (Fsp3) is 0.0833. The summed E-state index contributed by atoms with van der Waals surface area (Å²) in [5, 5.41) is 0.235. The summed E-state index contributed by atoms with van der Waals surface area (Å²) in [6.07, 6.45) is 1.75. The molecule has 2 amide bonds. The molecule has 8 heteroatoms. The van der Waals surface area contributed by atoms with Gasteiger partial charge in [-0.3, -0.25) is 14.5 Å². The van der Waals surface area contributed by atoms with Gasteiger partial charge in [-0.05, 0) is 97.9 Å². The third-order valence-electron chi connectivity index (χ3n) is 4.70. The van der Waals surface area contributed by atoms with Crippen LogP contribution >= 0.6 is 68.5 Å². The Labute approximate surface area is 222 Å². The number of rotatable bonds is 6. The van der Waals surface area contributed by atoms with Gasteiger partial charge in [-0.2, -0.15) is 0 Å². The highest BCUT2D eigenvalue weighted by Crippen LogP contribution is 2.36. The number of halogens is 3. The zero-order chi connectivity index (χ0) is 22.7. The lowest BCUT2D eigenvalue weighted by Gasteiger charge is -2.13. The van der Waals surface area contributed by atoms with Crippen molar-refractivity contribution < 1.29 is 14.3 Å². The number of ether oxygens (including phenoxy) is 1. The summed E-state index contributed by atoms with van der Waals surface area (Å²) < 4.78 is 7.90. The molecule has 0 aromatic heterocycles. The topological polar surface area (TPSA) is 46.6 Å². The predicted molar refractivity (Wildman–Crippen MR) is 146 cm³/mol. The second-order valence-corrected chi connectivity index (χ2v) is 10.7. The summed E-state index contributed by atoms with van der Waals surface area (Å²) in [5.41, 5.74) is 2.67. The highest BCUT2D eigenvalue weighted by Gasteiger charge is 2.35. The molecule has 0 atom stereocenters. The Morgan fingerprint density at radius 3 is 2.31 bits per heavy atom. The molecular weight excluding hydrogens is 672 g/mol. The summed E-state index contributed by atoms with van der Waals surface area (Å²) >= 11 is 11.6. The number of benzene rings is 3. The van der Waals surface area contributed by atoms with Gasteiger partial charge >= 0.3 is 0 Å². The van der Waals surface area contributed by atoms with Crippen molar-refractivity contribution in [2.75, 3.05) is 0 Å². The Bertz CT molecular complexity index is 1190. The zero-order valence-corrected chi connectivity index (χ0v) is 22.4. The maximum atomic E-state index is 12.9. The molecule has 3 aromatic carbocycles. The van der Waals surface area contributed by atoms with E-state index in [0.717, 1.165) is 41.3 Å². The van der Waals surface area contributed by atoms with Crippen LogP contribution in [0, 0.1) is 7.14 Å². The molecule has 4 rings (SSSR count). The monoisotopic (exact) mass is 687 g/mol. The molecule has 0 unspecified atom stereocenters. The summed E-state index contributed by atoms with van der Waals surface area (Å²) in [7, 11) is 0. The molecule has 1 fully saturated rings. The van der Waals surface area contributed by atoms with Gasteiger partial charge in [0.1, 0.15) is 12.4 Å². The standard InChI is InChI=1S/C24H16ClI2NO3S/c25-18-9-5-4-8-17(18)13-28-23(29)21(32-24(28)30)12-16-10-19(26)22(20(27)11-16)31-14-15-6-2-1-3-7-15/h1-12H,13-14H2/b21-12+. The van der Waals surface area contributed by atoms with Crippen LogP contribution in [0.25, 0.3) is 6.08 Å². The first-order valence-electron chi connectivity index (χ1n) is 9.57. The van der Waals surface area contributed by atoms with Gasteiger partial charge in [0, 0.05) is 5.02 Å².